The SMILES string of the molecule is CCCCc1cc2ccccc2c(OCCN(C)N)n1. The highest BCUT2D eigenvalue weighted by atomic mass is 16.5. The molecule has 1 heterocycles. The van der Waals surface area contributed by atoms with Gasteiger partial charge in [-0.15, -0.1) is 0 Å². The number of hydrogen-bond acceptors (Lipinski definition) is 4. The fourth-order valence-corrected chi connectivity index (χ4v) is 2.10. The highest BCUT2D eigenvalue weighted by Gasteiger charge is 2.07. The average molecular weight is 273 g/mol. The third kappa shape index (κ3) is 3.92. The van der Waals surface area contributed by atoms with E-state index in [2.05, 4.69) is 24.0 Å². The van der Waals surface area contributed by atoms with Crippen LogP contribution in [-0.4, -0.2) is 30.2 Å². The number of nitrogens with zero attached hydrogens (tertiary/aromatic N) is 2. The van der Waals surface area contributed by atoms with E-state index >= 15 is 0 Å². The molecule has 4 heteroatoms. The number of rotatable bonds is 7. The van der Waals surface area contributed by atoms with Gasteiger partial charge in [-0.25, -0.2) is 9.99 Å². The van der Waals surface area contributed by atoms with E-state index in [0.29, 0.717) is 13.2 Å². The first-order valence-electron chi connectivity index (χ1n) is 7.18. The Bertz CT molecular complexity index is 554. The highest BCUT2D eigenvalue weighted by molar-refractivity contribution is 5.87. The lowest BCUT2D eigenvalue weighted by Crippen LogP contribution is -2.30. The third-order valence-electron chi connectivity index (χ3n) is 3.23. The first-order valence-corrected chi connectivity index (χ1v) is 7.18. The van der Waals surface area contributed by atoms with Crippen LogP contribution in [-0.2, 0) is 6.42 Å². The van der Waals surface area contributed by atoms with Gasteiger partial charge in [0.1, 0.15) is 6.61 Å². The Morgan fingerprint density at radius 3 is 2.85 bits per heavy atom. The van der Waals surface area contributed by atoms with E-state index in [1.165, 1.54) is 11.8 Å². The van der Waals surface area contributed by atoms with Crippen molar-refractivity contribution in [3.05, 3.63) is 36.0 Å². The van der Waals surface area contributed by atoms with Crippen LogP contribution in [0.5, 0.6) is 5.88 Å². The second-order valence-corrected chi connectivity index (χ2v) is 5.07. The lowest BCUT2D eigenvalue weighted by molar-refractivity contribution is 0.237. The first-order chi connectivity index (χ1) is 9.70. The van der Waals surface area contributed by atoms with E-state index in [4.69, 9.17) is 10.6 Å². The van der Waals surface area contributed by atoms with E-state index in [9.17, 15) is 0 Å². The van der Waals surface area contributed by atoms with Crippen molar-refractivity contribution in [2.75, 3.05) is 20.2 Å². The molecule has 2 rings (SSSR count). The zero-order valence-electron chi connectivity index (χ0n) is 12.3. The van der Waals surface area contributed by atoms with Gasteiger partial charge < -0.3 is 4.74 Å². The van der Waals surface area contributed by atoms with Gasteiger partial charge in [0, 0.05) is 24.7 Å². The summed E-state index contributed by atoms with van der Waals surface area (Å²) in [5.41, 5.74) is 1.10. The maximum absolute atomic E-state index is 5.82. The number of fused-ring (bicyclic) bond motifs is 1. The smallest absolute Gasteiger partial charge is 0.221 e. The van der Waals surface area contributed by atoms with Crippen LogP contribution < -0.4 is 10.6 Å². The van der Waals surface area contributed by atoms with Crippen LogP contribution in [0.1, 0.15) is 25.5 Å². The summed E-state index contributed by atoms with van der Waals surface area (Å²) in [7, 11) is 1.83. The fraction of sp³-hybridized carbons (Fsp3) is 0.438. The molecule has 0 atom stereocenters. The average Bonchev–Trinajstić information content (AvgIpc) is 2.44. The molecule has 2 N–H and O–H groups in total. The second-order valence-electron chi connectivity index (χ2n) is 5.07. The Morgan fingerprint density at radius 2 is 2.10 bits per heavy atom. The van der Waals surface area contributed by atoms with Gasteiger partial charge in [-0.1, -0.05) is 31.5 Å². The molecule has 0 saturated heterocycles. The predicted molar refractivity (Wildman–Crippen MR) is 82.7 cm³/mol. The Labute approximate surface area is 120 Å². The van der Waals surface area contributed by atoms with Gasteiger partial charge in [0.25, 0.3) is 0 Å². The monoisotopic (exact) mass is 273 g/mol. The van der Waals surface area contributed by atoms with Crippen molar-refractivity contribution in [3.63, 3.8) is 0 Å². The van der Waals surface area contributed by atoms with Crippen LogP contribution in [0, 0.1) is 0 Å². The molecule has 0 saturated carbocycles. The predicted octanol–water partition coefficient (Wildman–Crippen LogP) is 2.76. The second kappa shape index (κ2) is 7.22. The fourth-order valence-electron chi connectivity index (χ4n) is 2.10. The summed E-state index contributed by atoms with van der Waals surface area (Å²) in [6, 6.07) is 10.4. The quantitative estimate of drug-likeness (QED) is 0.622. The van der Waals surface area contributed by atoms with Crippen LogP contribution in [0.25, 0.3) is 10.8 Å². The minimum atomic E-state index is 0.543. The third-order valence-corrected chi connectivity index (χ3v) is 3.23. The van der Waals surface area contributed by atoms with Gasteiger partial charge in [0.05, 0.1) is 0 Å². The molecule has 0 radical (unpaired) electrons. The van der Waals surface area contributed by atoms with Crippen molar-refractivity contribution in [1.82, 2.24) is 9.99 Å². The molecule has 1 aromatic heterocycles. The number of ether oxygens (including phenoxy) is 1. The largest absolute Gasteiger partial charge is 0.476 e. The summed E-state index contributed by atoms with van der Waals surface area (Å²) in [5.74, 6) is 6.32. The summed E-state index contributed by atoms with van der Waals surface area (Å²) < 4.78 is 5.82. The van der Waals surface area contributed by atoms with Gasteiger partial charge in [0.15, 0.2) is 0 Å². The van der Waals surface area contributed by atoms with Crippen molar-refractivity contribution >= 4 is 10.8 Å². The topological polar surface area (TPSA) is 51.4 Å². The van der Waals surface area contributed by atoms with E-state index in [0.717, 1.165) is 29.8 Å². The van der Waals surface area contributed by atoms with Crippen molar-refractivity contribution in [2.24, 2.45) is 5.84 Å². The van der Waals surface area contributed by atoms with Crippen LogP contribution in [0.2, 0.25) is 0 Å². The molecule has 0 unspecified atom stereocenters. The Hall–Kier alpha value is -1.65. The minimum absolute atomic E-state index is 0.543. The summed E-state index contributed by atoms with van der Waals surface area (Å²) in [5, 5.41) is 3.86. The van der Waals surface area contributed by atoms with Crippen molar-refractivity contribution in [1.29, 1.82) is 0 Å². The number of pyridine rings is 1. The zero-order valence-corrected chi connectivity index (χ0v) is 12.3. The van der Waals surface area contributed by atoms with E-state index in [-0.39, 0.29) is 0 Å². The molecular formula is C16H23N3O. The number of benzene rings is 1. The summed E-state index contributed by atoms with van der Waals surface area (Å²) in [4.78, 5) is 4.65. The number of aromatic nitrogens is 1. The van der Waals surface area contributed by atoms with Gasteiger partial charge >= 0.3 is 0 Å². The van der Waals surface area contributed by atoms with Crippen molar-refractivity contribution in [3.8, 4) is 5.88 Å². The van der Waals surface area contributed by atoms with E-state index < -0.39 is 0 Å². The summed E-state index contributed by atoms with van der Waals surface area (Å²) >= 11 is 0. The molecule has 4 nitrogen and oxygen atoms in total. The van der Waals surface area contributed by atoms with Crippen LogP contribution in [0.4, 0.5) is 0 Å². The Kier molecular flexibility index (Phi) is 5.32. The molecule has 2 aromatic rings. The molecule has 0 aliphatic rings. The molecule has 1 aromatic carbocycles. The van der Waals surface area contributed by atoms with Gasteiger partial charge in [0.2, 0.25) is 5.88 Å². The van der Waals surface area contributed by atoms with Gasteiger partial charge in [-0.3, -0.25) is 5.84 Å². The number of unbranched alkanes of at least 4 members (excludes halogenated alkanes) is 1. The number of likely N-dealkylation sites (N-methyl/N-ethyl adjacent to an activating group) is 1. The standard InChI is InChI=1S/C16H23N3O/c1-3-4-8-14-12-13-7-5-6-9-15(13)16(18-14)20-11-10-19(2)17/h5-7,9,12H,3-4,8,10-11,17H2,1-2H3. The van der Waals surface area contributed by atoms with Crippen LogP contribution >= 0.6 is 0 Å². The van der Waals surface area contributed by atoms with Crippen molar-refractivity contribution < 1.29 is 4.74 Å². The molecule has 108 valence electrons. The number of nitrogens with two attached hydrogens (primary N) is 1. The molecular weight excluding hydrogens is 250 g/mol. The first kappa shape index (κ1) is 14.8. The molecule has 0 amide bonds. The summed E-state index contributed by atoms with van der Waals surface area (Å²) in [6.07, 6.45) is 3.31. The zero-order chi connectivity index (χ0) is 14.4. The van der Waals surface area contributed by atoms with Gasteiger partial charge in [-0.05, 0) is 30.4 Å². The lowest BCUT2D eigenvalue weighted by Gasteiger charge is -2.13. The normalized spacial score (nSPS) is 11.2. The molecule has 0 aliphatic heterocycles. The number of hydrogen-bond donors (Lipinski definition) is 1. The van der Waals surface area contributed by atoms with Gasteiger partial charge in [-0.2, -0.15) is 0 Å². The highest BCUT2D eigenvalue weighted by Crippen LogP contribution is 2.25. The molecule has 0 bridgehead atoms. The van der Waals surface area contributed by atoms with E-state index in [1.54, 1.807) is 5.01 Å². The maximum Gasteiger partial charge on any atom is 0.221 e. The maximum atomic E-state index is 5.82. The van der Waals surface area contributed by atoms with Crippen LogP contribution in [0.15, 0.2) is 30.3 Å². The molecule has 0 aliphatic carbocycles. The minimum Gasteiger partial charge on any atom is -0.476 e. The van der Waals surface area contributed by atoms with Crippen LogP contribution in [0.3, 0.4) is 0 Å². The summed E-state index contributed by atoms with van der Waals surface area (Å²) in [6.45, 7) is 3.41. The Balaban J connectivity index is 2.24. The molecule has 20 heavy (non-hydrogen) atoms. The lowest BCUT2D eigenvalue weighted by atomic mass is 10.1. The number of hydrazine groups is 1. The Morgan fingerprint density at radius 1 is 1.30 bits per heavy atom. The molecule has 0 fully saturated rings. The molecule has 0 spiro atoms. The van der Waals surface area contributed by atoms with Crippen molar-refractivity contribution in [2.45, 2.75) is 26.2 Å². The van der Waals surface area contributed by atoms with E-state index in [1.807, 2.05) is 25.2 Å². The number of aryl methyl sites for hydroxylation is 1.